The van der Waals surface area contributed by atoms with E-state index in [1.807, 2.05) is 30.3 Å². The molecule has 1 unspecified atom stereocenters. The van der Waals surface area contributed by atoms with Gasteiger partial charge in [-0.05, 0) is 43.5 Å². The lowest BCUT2D eigenvalue weighted by Crippen LogP contribution is -2.46. The lowest BCUT2D eigenvalue weighted by molar-refractivity contribution is -0.140. The average molecular weight is 480 g/mol. The summed E-state index contributed by atoms with van der Waals surface area (Å²) in [6.07, 6.45) is 1.52. The molecule has 2 amide bonds. The molecule has 0 saturated heterocycles. The number of carbonyl (C=O) groups is 2. The highest BCUT2D eigenvalue weighted by atomic mass is 35.5. The van der Waals surface area contributed by atoms with Crippen molar-refractivity contribution < 1.29 is 18.0 Å². The van der Waals surface area contributed by atoms with Gasteiger partial charge >= 0.3 is 0 Å². The van der Waals surface area contributed by atoms with Crippen molar-refractivity contribution in [3.8, 4) is 0 Å². The highest BCUT2D eigenvalue weighted by Gasteiger charge is 2.26. The van der Waals surface area contributed by atoms with Crippen molar-refractivity contribution in [1.82, 2.24) is 10.2 Å². The number of benzene rings is 2. The average Bonchev–Trinajstić information content (AvgIpc) is 2.76. The zero-order valence-electron chi connectivity index (χ0n) is 18.8. The van der Waals surface area contributed by atoms with Crippen molar-refractivity contribution in [3.05, 3.63) is 64.7 Å². The van der Waals surface area contributed by atoms with Gasteiger partial charge in [-0.2, -0.15) is 0 Å². The predicted molar refractivity (Wildman–Crippen MR) is 128 cm³/mol. The minimum absolute atomic E-state index is 0.0970. The summed E-state index contributed by atoms with van der Waals surface area (Å²) in [5.41, 5.74) is 2.06. The first-order chi connectivity index (χ1) is 15.1. The number of carbonyl (C=O) groups excluding carboxylic acids is 2. The van der Waals surface area contributed by atoms with Crippen molar-refractivity contribution in [2.75, 3.05) is 24.2 Å². The van der Waals surface area contributed by atoms with Crippen LogP contribution in [0.5, 0.6) is 0 Å². The van der Waals surface area contributed by atoms with E-state index in [0.29, 0.717) is 22.7 Å². The van der Waals surface area contributed by atoms with Gasteiger partial charge in [-0.15, -0.1) is 0 Å². The number of likely N-dealkylation sites (N-methyl/N-ethyl adjacent to an activating group) is 1. The molecule has 9 heteroatoms. The maximum absolute atomic E-state index is 13.1. The summed E-state index contributed by atoms with van der Waals surface area (Å²) in [7, 11) is -2.04. The number of hydrogen-bond donors (Lipinski definition) is 1. The van der Waals surface area contributed by atoms with Gasteiger partial charge in [0.05, 0.1) is 11.9 Å². The van der Waals surface area contributed by atoms with E-state index in [2.05, 4.69) is 5.32 Å². The van der Waals surface area contributed by atoms with Crippen molar-refractivity contribution in [1.29, 1.82) is 0 Å². The number of sulfonamides is 1. The number of rotatable bonds is 10. The number of nitrogens with zero attached hydrogens (tertiary/aromatic N) is 2. The highest BCUT2D eigenvalue weighted by molar-refractivity contribution is 7.92. The van der Waals surface area contributed by atoms with E-state index < -0.39 is 16.1 Å². The third kappa shape index (κ3) is 6.71. The molecule has 0 aromatic heterocycles. The molecule has 0 radical (unpaired) electrons. The van der Waals surface area contributed by atoms with Crippen LogP contribution in [0.1, 0.15) is 30.9 Å². The van der Waals surface area contributed by atoms with Crippen molar-refractivity contribution >= 4 is 39.1 Å². The second-order valence-corrected chi connectivity index (χ2v) is 9.93. The van der Waals surface area contributed by atoms with Crippen LogP contribution in [0.3, 0.4) is 0 Å². The van der Waals surface area contributed by atoms with Gasteiger partial charge in [-0.3, -0.25) is 13.9 Å². The van der Waals surface area contributed by atoms with Gasteiger partial charge in [0.15, 0.2) is 0 Å². The quantitative estimate of drug-likeness (QED) is 0.566. The smallest absolute Gasteiger partial charge is 0.242 e. The van der Waals surface area contributed by atoms with Crippen LogP contribution in [-0.4, -0.2) is 51.0 Å². The Morgan fingerprint density at radius 2 is 1.75 bits per heavy atom. The molecule has 2 aromatic carbocycles. The zero-order valence-corrected chi connectivity index (χ0v) is 20.4. The summed E-state index contributed by atoms with van der Waals surface area (Å²) in [5, 5.41) is 3.05. The minimum Gasteiger partial charge on any atom is -0.357 e. The number of hydrogen-bond acceptors (Lipinski definition) is 4. The van der Waals surface area contributed by atoms with Gasteiger partial charge < -0.3 is 10.2 Å². The summed E-state index contributed by atoms with van der Waals surface area (Å²) < 4.78 is 26.1. The van der Waals surface area contributed by atoms with E-state index >= 15 is 0 Å². The molecular formula is C23H30ClN3O4S. The van der Waals surface area contributed by atoms with Gasteiger partial charge in [0, 0.05) is 31.6 Å². The Labute approximate surface area is 195 Å². The molecule has 0 fully saturated rings. The standard InChI is InChI=1S/C23H30ClN3O4S/c1-17-20(24)12-8-13-21(17)27(32(4,30)31)15-9-14-22(28)26(18(2)23(29)25-3)16-19-10-6-5-7-11-19/h5-8,10-13,18H,9,14-16H2,1-4H3,(H,25,29). The second kappa shape index (κ2) is 11.3. The first-order valence-corrected chi connectivity index (χ1v) is 12.6. The molecule has 1 N–H and O–H groups in total. The van der Waals surface area contributed by atoms with Gasteiger partial charge in [-0.1, -0.05) is 48.0 Å². The first kappa shape index (κ1) is 25.7. The molecule has 7 nitrogen and oxygen atoms in total. The van der Waals surface area contributed by atoms with Crippen molar-refractivity contribution in [2.24, 2.45) is 0 Å². The Kier molecular flexibility index (Phi) is 9.09. The molecule has 0 aliphatic carbocycles. The second-order valence-electron chi connectivity index (χ2n) is 7.62. The molecule has 0 spiro atoms. The number of anilines is 1. The molecular weight excluding hydrogens is 450 g/mol. The molecule has 0 bridgehead atoms. The van der Waals surface area contributed by atoms with Crippen LogP contribution in [0.15, 0.2) is 48.5 Å². The van der Waals surface area contributed by atoms with Crippen LogP contribution in [0, 0.1) is 6.92 Å². The molecule has 2 rings (SSSR count). The Balaban J connectivity index is 2.16. The molecule has 0 heterocycles. The molecule has 0 saturated carbocycles. The van der Waals surface area contributed by atoms with E-state index in [9.17, 15) is 18.0 Å². The molecule has 0 aliphatic rings. The number of nitrogens with one attached hydrogen (secondary N) is 1. The van der Waals surface area contributed by atoms with Gasteiger partial charge in [0.1, 0.15) is 6.04 Å². The normalized spacial score (nSPS) is 12.2. The molecule has 2 aromatic rings. The van der Waals surface area contributed by atoms with Gasteiger partial charge in [0.2, 0.25) is 21.8 Å². The highest BCUT2D eigenvalue weighted by Crippen LogP contribution is 2.28. The molecule has 1 atom stereocenters. The summed E-state index contributed by atoms with van der Waals surface area (Å²) in [6.45, 7) is 3.85. The topological polar surface area (TPSA) is 86.8 Å². The molecule has 0 aliphatic heterocycles. The molecule has 174 valence electrons. The van der Waals surface area contributed by atoms with E-state index in [1.54, 1.807) is 32.0 Å². The third-order valence-corrected chi connectivity index (χ3v) is 6.86. The fourth-order valence-electron chi connectivity index (χ4n) is 3.42. The largest absolute Gasteiger partial charge is 0.357 e. The van der Waals surface area contributed by atoms with Crippen LogP contribution >= 0.6 is 11.6 Å². The van der Waals surface area contributed by atoms with Crippen molar-refractivity contribution in [2.45, 2.75) is 39.3 Å². The van der Waals surface area contributed by atoms with Crippen LogP contribution in [0.4, 0.5) is 5.69 Å². The Hall–Kier alpha value is -2.58. The predicted octanol–water partition coefficient (Wildman–Crippen LogP) is 3.36. The van der Waals surface area contributed by atoms with Crippen LogP contribution in [-0.2, 0) is 26.2 Å². The van der Waals surface area contributed by atoms with E-state index in [1.165, 1.54) is 16.3 Å². The van der Waals surface area contributed by atoms with Crippen molar-refractivity contribution in [3.63, 3.8) is 0 Å². The monoisotopic (exact) mass is 479 g/mol. The van der Waals surface area contributed by atoms with Crippen LogP contribution < -0.4 is 9.62 Å². The van der Waals surface area contributed by atoms with E-state index in [0.717, 1.165) is 11.8 Å². The minimum atomic E-state index is -3.57. The van der Waals surface area contributed by atoms with E-state index in [-0.39, 0.29) is 31.3 Å². The van der Waals surface area contributed by atoms with Crippen LogP contribution in [0.25, 0.3) is 0 Å². The summed E-state index contributed by atoms with van der Waals surface area (Å²) in [4.78, 5) is 26.8. The number of amides is 2. The summed E-state index contributed by atoms with van der Waals surface area (Å²) in [5.74, 6) is -0.484. The molecule has 32 heavy (non-hydrogen) atoms. The fourth-order valence-corrected chi connectivity index (χ4v) is 4.61. The lowest BCUT2D eigenvalue weighted by atomic mass is 10.1. The Morgan fingerprint density at radius 1 is 1.09 bits per heavy atom. The maximum atomic E-state index is 13.1. The number of halogens is 1. The first-order valence-electron chi connectivity index (χ1n) is 10.3. The fraction of sp³-hybridized carbons (Fsp3) is 0.391. The lowest BCUT2D eigenvalue weighted by Gasteiger charge is -2.29. The SMILES string of the molecule is CNC(=O)C(C)N(Cc1ccccc1)C(=O)CCCN(c1cccc(Cl)c1C)S(C)(=O)=O. The summed E-state index contributed by atoms with van der Waals surface area (Å²) in [6, 6.07) is 13.9. The van der Waals surface area contributed by atoms with Gasteiger partial charge in [0.25, 0.3) is 0 Å². The Bertz CT molecular complexity index is 1040. The third-order valence-electron chi connectivity index (χ3n) is 5.27. The summed E-state index contributed by atoms with van der Waals surface area (Å²) >= 11 is 6.17. The Morgan fingerprint density at radius 3 is 2.34 bits per heavy atom. The van der Waals surface area contributed by atoms with Crippen LogP contribution in [0.2, 0.25) is 5.02 Å². The zero-order chi connectivity index (χ0) is 23.9. The van der Waals surface area contributed by atoms with E-state index in [4.69, 9.17) is 11.6 Å². The maximum Gasteiger partial charge on any atom is 0.242 e. The van der Waals surface area contributed by atoms with Gasteiger partial charge in [-0.25, -0.2) is 8.42 Å².